The molecule has 1 unspecified atom stereocenters. The van der Waals surface area contributed by atoms with Crippen molar-refractivity contribution < 1.29 is 24.1 Å². The van der Waals surface area contributed by atoms with Crippen LogP contribution >= 0.6 is 11.6 Å². The van der Waals surface area contributed by atoms with E-state index in [1.54, 1.807) is 0 Å². The molecular weight excluding hydrogens is 523 g/mol. The Kier molecular flexibility index (Phi) is 6.51. The van der Waals surface area contributed by atoms with E-state index < -0.39 is 24.0 Å². The zero-order valence-corrected chi connectivity index (χ0v) is 22.9. The maximum atomic E-state index is 14.4. The van der Waals surface area contributed by atoms with Crippen LogP contribution in [0.1, 0.15) is 60.9 Å². The summed E-state index contributed by atoms with van der Waals surface area (Å²) in [4.78, 5) is 14.2. The maximum absolute atomic E-state index is 14.4. The lowest BCUT2D eigenvalue weighted by Gasteiger charge is -2.37. The molecule has 1 aliphatic carbocycles. The number of hydrogen-bond donors (Lipinski definition) is 2. The summed E-state index contributed by atoms with van der Waals surface area (Å²) in [5, 5.41) is 21.3. The van der Waals surface area contributed by atoms with E-state index in [9.17, 15) is 14.6 Å². The predicted octanol–water partition coefficient (Wildman–Crippen LogP) is 3.32. The number of alkyl halides is 1. The van der Waals surface area contributed by atoms with E-state index in [1.165, 1.54) is 0 Å². The summed E-state index contributed by atoms with van der Waals surface area (Å²) in [6.45, 7) is 3.22. The van der Waals surface area contributed by atoms with Crippen LogP contribution in [0.4, 0.5) is 10.2 Å². The fraction of sp³-hybridized carbons (Fsp3) is 0.655. The minimum atomic E-state index is -0.824. The molecule has 1 aromatic carbocycles. The van der Waals surface area contributed by atoms with Gasteiger partial charge in [-0.1, -0.05) is 23.7 Å². The van der Waals surface area contributed by atoms with Gasteiger partial charge in [0.25, 0.3) is 0 Å². The normalized spacial score (nSPS) is 34.2. The molecule has 5 atom stereocenters. The van der Waals surface area contributed by atoms with Gasteiger partial charge in [-0.3, -0.25) is 4.90 Å². The molecule has 3 fully saturated rings. The van der Waals surface area contributed by atoms with Crippen molar-refractivity contribution in [3.05, 3.63) is 45.6 Å². The number of aromatic nitrogens is 2. The molecule has 8 nitrogen and oxygen atoms in total. The summed E-state index contributed by atoms with van der Waals surface area (Å²) in [5.41, 5.74) is 3.32. The number of anilines is 1. The largest absolute Gasteiger partial charge is 0.461 e. The minimum absolute atomic E-state index is 0.291. The van der Waals surface area contributed by atoms with Crippen LogP contribution in [0.3, 0.4) is 0 Å². The third kappa shape index (κ3) is 4.41. The van der Waals surface area contributed by atoms with Crippen LogP contribution in [0.15, 0.2) is 18.2 Å². The van der Waals surface area contributed by atoms with Gasteiger partial charge in [-0.2, -0.15) is 9.97 Å². The Hall–Kier alpha value is -2.04. The van der Waals surface area contributed by atoms with E-state index in [0.29, 0.717) is 64.5 Å². The quantitative estimate of drug-likeness (QED) is 0.591. The highest BCUT2D eigenvalue weighted by Gasteiger charge is 2.50. The van der Waals surface area contributed by atoms with E-state index in [0.717, 1.165) is 65.5 Å². The number of fused-ring (bicyclic) bond motifs is 4. The van der Waals surface area contributed by atoms with Gasteiger partial charge in [0.2, 0.25) is 0 Å². The van der Waals surface area contributed by atoms with Crippen molar-refractivity contribution in [1.82, 2.24) is 14.9 Å². The van der Waals surface area contributed by atoms with Gasteiger partial charge in [0, 0.05) is 43.1 Å². The van der Waals surface area contributed by atoms with Crippen molar-refractivity contribution in [1.29, 1.82) is 0 Å². The number of aliphatic hydroxyl groups excluding tert-OH is 2. The summed E-state index contributed by atoms with van der Waals surface area (Å²) in [5.74, 6) is 0.742. The van der Waals surface area contributed by atoms with E-state index in [4.69, 9.17) is 31.0 Å². The van der Waals surface area contributed by atoms with Crippen LogP contribution < -0.4 is 9.64 Å². The Bertz CT molecular complexity index is 1260. The van der Waals surface area contributed by atoms with E-state index in [-0.39, 0.29) is 5.54 Å². The molecule has 210 valence electrons. The Morgan fingerprint density at radius 3 is 2.74 bits per heavy atom. The van der Waals surface area contributed by atoms with Crippen molar-refractivity contribution in [2.24, 2.45) is 0 Å². The Labute approximate surface area is 233 Å². The first kappa shape index (κ1) is 25.9. The first-order chi connectivity index (χ1) is 18.9. The Morgan fingerprint density at radius 2 is 1.92 bits per heavy atom. The molecule has 4 aliphatic heterocycles. The van der Waals surface area contributed by atoms with Gasteiger partial charge in [-0.15, -0.1) is 0 Å². The van der Waals surface area contributed by atoms with Gasteiger partial charge in [0.05, 0.1) is 35.6 Å². The molecule has 39 heavy (non-hydrogen) atoms. The van der Waals surface area contributed by atoms with Crippen LogP contribution in [0, 0.1) is 0 Å². The van der Waals surface area contributed by atoms with Gasteiger partial charge in [-0.05, 0) is 62.3 Å². The van der Waals surface area contributed by atoms with Gasteiger partial charge in [0.1, 0.15) is 18.6 Å². The van der Waals surface area contributed by atoms with Crippen LogP contribution in [0.5, 0.6) is 6.01 Å². The molecule has 0 bridgehead atoms. The zero-order valence-electron chi connectivity index (χ0n) is 22.1. The van der Waals surface area contributed by atoms with E-state index in [2.05, 4.69) is 15.9 Å². The number of rotatable bonds is 4. The van der Waals surface area contributed by atoms with Gasteiger partial charge in [-0.25, -0.2) is 4.39 Å². The number of hydrogen-bond acceptors (Lipinski definition) is 8. The van der Waals surface area contributed by atoms with Crippen LogP contribution in [-0.2, 0) is 29.8 Å². The molecule has 5 heterocycles. The summed E-state index contributed by atoms with van der Waals surface area (Å²) >= 11 is 6.54. The molecule has 2 aromatic rings. The van der Waals surface area contributed by atoms with Gasteiger partial charge >= 0.3 is 6.01 Å². The highest BCUT2D eigenvalue weighted by molar-refractivity contribution is 6.31. The summed E-state index contributed by atoms with van der Waals surface area (Å²) < 4.78 is 27.3. The fourth-order valence-electron chi connectivity index (χ4n) is 7.61. The molecule has 5 aliphatic rings. The Morgan fingerprint density at radius 1 is 1.10 bits per heavy atom. The summed E-state index contributed by atoms with van der Waals surface area (Å²) in [6, 6.07) is 6.32. The van der Waals surface area contributed by atoms with Crippen LogP contribution in [0.2, 0.25) is 5.02 Å². The van der Waals surface area contributed by atoms with Gasteiger partial charge < -0.3 is 24.6 Å². The molecule has 3 saturated heterocycles. The van der Waals surface area contributed by atoms with Crippen molar-refractivity contribution in [2.75, 3.05) is 37.7 Å². The second kappa shape index (κ2) is 9.80. The molecule has 7 rings (SSSR count). The number of ether oxygens (including phenoxy) is 2. The lowest BCUT2D eigenvalue weighted by Crippen LogP contribution is -2.43. The number of halogens is 2. The van der Waals surface area contributed by atoms with Gasteiger partial charge in [0.15, 0.2) is 0 Å². The molecule has 1 spiro atoms. The predicted molar refractivity (Wildman–Crippen MR) is 144 cm³/mol. The molecule has 0 amide bonds. The zero-order chi connectivity index (χ0) is 26.8. The first-order valence-corrected chi connectivity index (χ1v) is 14.7. The molecule has 2 N–H and O–H groups in total. The lowest BCUT2D eigenvalue weighted by atomic mass is 9.87. The van der Waals surface area contributed by atoms with Crippen LogP contribution in [0.25, 0.3) is 0 Å². The lowest BCUT2D eigenvalue weighted by molar-refractivity contribution is -0.0730. The third-order valence-electron chi connectivity index (χ3n) is 9.75. The fourth-order valence-corrected chi connectivity index (χ4v) is 7.88. The molecule has 0 saturated carbocycles. The molecule has 1 aromatic heterocycles. The first-order valence-electron chi connectivity index (χ1n) is 14.3. The van der Waals surface area contributed by atoms with Crippen molar-refractivity contribution in [2.45, 2.75) is 87.5 Å². The summed E-state index contributed by atoms with van der Waals surface area (Å²) in [7, 11) is 0. The second-order valence-corrected chi connectivity index (χ2v) is 12.5. The highest BCUT2D eigenvalue weighted by Crippen LogP contribution is 2.49. The highest BCUT2D eigenvalue weighted by atomic mass is 35.5. The summed E-state index contributed by atoms with van der Waals surface area (Å²) in [6.07, 6.45) is 3.29. The number of aliphatic hydroxyl groups is 2. The van der Waals surface area contributed by atoms with E-state index >= 15 is 0 Å². The van der Waals surface area contributed by atoms with Crippen LogP contribution in [-0.4, -0.2) is 81.8 Å². The third-order valence-corrected chi connectivity index (χ3v) is 10.1. The molecular formula is C29H36ClFN4O4. The second-order valence-electron chi connectivity index (χ2n) is 12.0. The molecule has 10 heteroatoms. The Balaban J connectivity index is 1.23. The standard InChI is InChI=1S/C29H36ClFN4O4/c30-22-4-1-3-21-19(22)5-9-29(21)14-23-20(16-39-29)26(34-11-6-24(36)25(37)7-12-34)33-27(32-23)38-17-28-8-2-10-35(28)15-18(31)13-28/h1,3-4,18,24-25,36-37H,2,5-17H2/t18-,24-,25+,28+,29?/m1/s1. The number of nitrogens with zero attached hydrogens (tertiary/aromatic N) is 4. The average Bonchev–Trinajstić information content (AvgIpc) is 3.53. The van der Waals surface area contributed by atoms with E-state index in [1.807, 2.05) is 12.1 Å². The molecule has 0 radical (unpaired) electrons. The average molecular weight is 559 g/mol. The topological polar surface area (TPSA) is 91.2 Å². The van der Waals surface area contributed by atoms with Crippen molar-refractivity contribution in [3.8, 4) is 6.01 Å². The van der Waals surface area contributed by atoms with Crippen molar-refractivity contribution >= 4 is 17.4 Å². The van der Waals surface area contributed by atoms with Crippen molar-refractivity contribution in [3.63, 3.8) is 0 Å². The minimum Gasteiger partial charge on any atom is -0.461 e. The smallest absolute Gasteiger partial charge is 0.318 e. The maximum Gasteiger partial charge on any atom is 0.318 e. The monoisotopic (exact) mass is 558 g/mol. The SMILES string of the molecule is O[C@@H]1CCN(c2nc(OC[C@@]34CCCN3C[C@H](F)C4)nc3c2COC2(CCc4c(Cl)cccc42)C3)CC[C@@H]1O. The number of benzene rings is 1.